The number of nitrogens with one attached hydrogen (secondary N) is 1. The molecule has 1 saturated heterocycles. The highest BCUT2D eigenvalue weighted by Crippen LogP contribution is 2.41. The average Bonchev–Trinajstić information content (AvgIpc) is 2.70. The van der Waals surface area contributed by atoms with Crippen LogP contribution in [0.25, 0.3) is 0 Å². The Kier molecular flexibility index (Phi) is 5.17. The number of alkyl carbamates (subject to hydrolysis) is 1. The molecule has 2 N–H and O–H groups in total. The average molecular weight is 355 g/mol. The second kappa shape index (κ2) is 6.80. The van der Waals surface area contributed by atoms with Crippen LogP contribution in [0, 0.1) is 5.92 Å². The molecule has 1 amide bonds. The normalized spacial score (nSPS) is 24.2. The van der Waals surface area contributed by atoms with Crippen molar-refractivity contribution in [3.8, 4) is 0 Å². The van der Waals surface area contributed by atoms with Gasteiger partial charge in [-0.1, -0.05) is 30.3 Å². The smallest absolute Gasteiger partial charge is 0.407 e. The first-order valence-electron chi connectivity index (χ1n) is 7.57. The second-order valence-electron chi connectivity index (χ2n) is 6.35. The summed E-state index contributed by atoms with van der Waals surface area (Å²) in [7, 11) is -3.81. The fourth-order valence-corrected chi connectivity index (χ4v) is 4.94. The molecule has 8 heteroatoms. The van der Waals surface area contributed by atoms with Gasteiger partial charge in [-0.2, -0.15) is 0 Å². The van der Waals surface area contributed by atoms with Gasteiger partial charge in [-0.05, 0) is 31.7 Å². The molecular formula is C16H21NO6S. The Bertz CT molecular complexity index is 713. The number of carboxylic acids is 1. The molecule has 0 spiro atoms. The Morgan fingerprint density at radius 1 is 1.29 bits per heavy atom. The molecule has 24 heavy (non-hydrogen) atoms. The molecular weight excluding hydrogens is 334 g/mol. The van der Waals surface area contributed by atoms with Crippen LogP contribution in [0.5, 0.6) is 0 Å². The van der Waals surface area contributed by atoms with Crippen molar-refractivity contribution in [3.63, 3.8) is 0 Å². The summed E-state index contributed by atoms with van der Waals surface area (Å²) in [4.78, 5) is 22.9. The van der Waals surface area contributed by atoms with Gasteiger partial charge in [0, 0.05) is 6.54 Å². The molecule has 2 atom stereocenters. The number of hydrogen-bond acceptors (Lipinski definition) is 5. The highest BCUT2D eigenvalue weighted by molar-refractivity contribution is 7.94. The Hall–Kier alpha value is -2.09. The summed E-state index contributed by atoms with van der Waals surface area (Å²) >= 11 is 0. The molecule has 1 aliphatic rings. The molecule has 0 saturated carbocycles. The molecule has 1 heterocycles. The van der Waals surface area contributed by atoms with Gasteiger partial charge in [0.15, 0.2) is 15.1 Å². The van der Waals surface area contributed by atoms with Crippen LogP contribution < -0.4 is 5.32 Å². The standard InChI is InChI=1S/C16H21NO6S/c1-16(2)12(8-13(14(18)19)24(16,21)22)9-17-15(20)23-10-11-6-4-3-5-7-11/h3-7,12-13H,8-10H2,1-2H3,(H,17,20)(H,18,19). The molecule has 0 radical (unpaired) electrons. The Morgan fingerprint density at radius 3 is 2.46 bits per heavy atom. The van der Waals surface area contributed by atoms with Gasteiger partial charge in [-0.25, -0.2) is 13.2 Å². The van der Waals surface area contributed by atoms with Crippen LogP contribution in [0.4, 0.5) is 4.79 Å². The van der Waals surface area contributed by atoms with E-state index in [2.05, 4.69) is 5.32 Å². The number of benzene rings is 1. The quantitative estimate of drug-likeness (QED) is 0.830. The SMILES string of the molecule is CC1(C)C(CNC(=O)OCc2ccccc2)CC(C(=O)O)S1(=O)=O. The van der Waals surface area contributed by atoms with Crippen LogP contribution in [0.2, 0.25) is 0 Å². The number of carbonyl (C=O) groups excluding carboxylic acids is 1. The lowest BCUT2D eigenvalue weighted by Crippen LogP contribution is -2.41. The Balaban J connectivity index is 1.92. The van der Waals surface area contributed by atoms with E-state index in [9.17, 15) is 18.0 Å². The maximum absolute atomic E-state index is 12.3. The van der Waals surface area contributed by atoms with E-state index in [-0.39, 0.29) is 19.6 Å². The van der Waals surface area contributed by atoms with Crippen molar-refractivity contribution in [1.29, 1.82) is 0 Å². The molecule has 1 aromatic rings. The van der Waals surface area contributed by atoms with Crippen molar-refractivity contribution in [2.75, 3.05) is 6.54 Å². The van der Waals surface area contributed by atoms with E-state index in [1.54, 1.807) is 0 Å². The van der Waals surface area contributed by atoms with Crippen molar-refractivity contribution < 1.29 is 27.9 Å². The number of ether oxygens (including phenoxy) is 1. The molecule has 1 aliphatic heterocycles. The zero-order valence-corrected chi connectivity index (χ0v) is 14.4. The van der Waals surface area contributed by atoms with Crippen LogP contribution in [0.15, 0.2) is 30.3 Å². The van der Waals surface area contributed by atoms with Crippen LogP contribution in [-0.2, 0) is 26.0 Å². The zero-order chi connectivity index (χ0) is 18.0. The van der Waals surface area contributed by atoms with Crippen LogP contribution in [0.1, 0.15) is 25.8 Å². The largest absolute Gasteiger partial charge is 0.480 e. The number of rotatable bonds is 5. The lowest BCUT2D eigenvalue weighted by Gasteiger charge is -2.25. The fourth-order valence-electron chi connectivity index (χ4n) is 2.81. The molecule has 7 nitrogen and oxygen atoms in total. The van der Waals surface area contributed by atoms with Crippen molar-refractivity contribution >= 4 is 21.9 Å². The van der Waals surface area contributed by atoms with E-state index in [1.165, 1.54) is 13.8 Å². The number of carboxylic acid groups (broad SMARTS) is 1. The van der Waals surface area contributed by atoms with Crippen LogP contribution >= 0.6 is 0 Å². The number of carbonyl (C=O) groups is 2. The third kappa shape index (κ3) is 3.53. The summed E-state index contributed by atoms with van der Waals surface area (Å²) in [5, 5.41) is 10.2. The topological polar surface area (TPSA) is 110 Å². The minimum Gasteiger partial charge on any atom is -0.480 e. The van der Waals surface area contributed by atoms with Gasteiger partial charge in [-0.15, -0.1) is 0 Å². The van der Waals surface area contributed by atoms with E-state index in [0.717, 1.165) is 5.56 Å². The fraction of sp³-hybridized carbons (Fsp3) is 0.500. The predicted octanol–water partition coefficient (Wildman–Crippen LogP) is 1.58. The molecule has 2 unspecified atom stereocenters. The van der Waals surface area contributed by atoms with Crippen LogP contribution in [0.3, 0.4) is 0 Å². The molecule has 0 aliphatic carbocycles. The number of hydrogen-bond donors (Lipinski definition) is 2. The second-order valence-corrected chi connectivity index (χ2v) is 9.06. The molecule has 1 aromatic carbocycles. The highest BCUT2D eigenvalue weighted by atomic mass is 32.2. The summed E-state index contributed by atoms with van der Waals surface area (Å²) in [5.41, 5.74) is 0.836. The first-order chi connectivity index (χ1) is 11.2. The van der Waals surface area contributed by atoms with E-state index in [0.29, 0.717) is 0 Å². The van der Waals surface area contributed by atoms with Crippen LogP contribution in [-0.4, -0.2) is 42.1 Å². The summed E-state index contributed by atoms with van der Waals surface area (Å²) in [6.07, 6.45) is -0.685. The number of amides is 1. The first-order valence-corrected chi connectivity index (χ1v) is 9.11. The third-order valence-corrected chi connectivity index (χ3v) is 7.51. The summed E-state index contributed by atoms with van der Waals surface area (Å²) in [6, 6.07) is 9.14. The minimum atomic E-state index is -3.81. The van der Waals surface area contributed by atoms with E-state index >= 15 is 0 Å². The summed E-state index contributed by atoms with van der Waals surface area (Å²) in [6.45, 7) is 3.14. The minimum absolute atomic E-state index is 0.0242. The molecule has 132 valence electrons. The van der Waals surface area contributed by atoms with E-state index < -0.39 is 37.8 Å². The highest BCUT2D eigenvalue weighted by Gasteiger charge is 2.56. The third-order valence-electron chi connectivity index (χ3n) is 4.57. The maximum Gasteiger partial charge on any atom is 0.407 e. The van der Waals surface area contributed by atoms with Crippen molar-refractivity contribution in [2.24, 2.45) is 5.92 Å². The van der Waals surface area contributed by atoms with Gasteiger partial charge < -0.3 is 15.2 Å². The van der Waals surface area contributed by atoms with Crippen molar-refractivity contribution in [1.82, 2.24) is 5.32 Å². The molecule has 0 bridgehead atoms. The predicted molar refractivity (Wildman–Crippen MR) is 87.2 cm³/mol. The first kappa shape index (κ1) is 18.3. The lowest BCUT2D eigenvalue weighted by molar-refractivity contribution is -0.136. The van der Waals surface area contributed by atoms with Gasteiger partial charge in [0.2, 0.25) is 0 Å². The van der Waals surface area contributed by atoms with Gasteiger partial charge >= 0.3 is 12.1 Å². The lowest BCUT2D eigenvalue weighted by atomic mass is 9.91. The Morgan fingerprint density at radius 2 is 1.92 bits per heavy atom. The molecule has 1 fully saturated rings. The van der Waals surface area contributed by atoms with E-state index in [4.69, 9.17) is 9.84 Å². The molecule has 0 aromatic heterocycles. The van der Waals surface area contributed by atoms with Crippen molar-refractivity contribution in [2.45, 2.75) is 36.9 Å². The van der Waals surface area contributed by atoms with Gasteiger partial charge in [0.25, 0.3) is 0 Å². The van der Waals surface area contributed by atoms with Gasteiger partial charge in [0.05, 0.1) is 4.75 Å². The summed E-state index contributed by atoms with van der Waals surface area (Å²) in [5.74, 6) is -1.84. The summed E-state index contributed by atoms with van der Waals surface area (Å²) < 4.78 is 28.4. The maximum atomic E-state index is 12.3. The molecule has 2 rings (SSSR count). The zero-order valence-electron chi connectivity index (χ0n) is 13.6. The van der Waals surface area contributed by atoms with Gasteiger partial charge in [-0.3, -0.25) is 4.79 Å². The van der Waals surface area contributed by atoms with Crippen molar-refractivity contribution in [3.05, 3.63) is 35.9 Å². The monoisotopic (exact) mass is 355 g/mol. The van der Waals surface area contributed by atoms with Gasteiger partial charge in [0.1, 0.15) is 6.61 Å². The number of sulfone groups is 1. The van der Waals surface area contributed by atoms with E-state index in [1.807, 2.05) is 30.3 Å². The number of aliphatic carboxylic acids is 1. The Labute approximate surface area is 140 Å².